The van der Waals surface area contributed by atoms with Crippen molar-refractivity contribution in [3.05, 3.63) is 138 Å². The summed E-state index contributed by atoms with van der Waals surface area (Å²) in [5.74, 6) is -0.920. The van der Waals surface area contributed by atoms with Crippen molar-refractivity contribution in [1.29, 1.82) is 0 Å². The molecule has 1 heterocycles. The summed E-state index contributed by atoms with van der Waals surface area (Å²) in [4.78, 5) is 27.4. The van der Waals surface area contributed by atoms with Crippen LogP contribution in [0.25, 0.3) is 11.1 Å². The molecule has 3 N–H and O–H groups in total. The summed E-state index contributed by atoms with van der Waals surface area (Å²) in [6.45, 7) is 1.77. The van der Waals surface area contributed by atoms with Crippen molar-refractivity contribution in [3.63, 3.8) is 0 Å². The number of ether oxygens (including phenoxy) is 1. The first-order chi connectivity index (χ1) is 24.3. The van der Waals surface area contributed by atoms with E-state index in [0.717, 1.165) is 27.3 Å². The third kappa shape index (κ3) is 9.59. The fraction of sp³-hybridized carbons (Fsp3) is 0.237. The third-order valence-electron chi connectivity index (χ3n) is 8.51. The summed E-state index contributed by atoms with van der Waals surface area (Å²) in [7, 11) is -0.857. The van der Waals surface area contributed by atoms with Gasteiger partial charge >= 0.3 is 0 Å². The lowest BCUT2D eigenvalue weighted by atomic mass is 10.00. The number of anilines is 1. The lowest BCUT2D eigenvalue weighted by Gasteiger charge is -2.25. The van der Waals surface area contributed by atoms with Crippen molar-refractivity contribution in [1.82, 2.24) is 20.4 Å². The van der Waals surface area contributed by atoms with Crippen molar-refractivity contribution in [2.75, 3.05) is 24.7 Å². The number of carbonyl (C=O) groups excluding carboxylic acids is 2. The molecule has 0 fully saturated rings. The summed E-state index contributed by atoms with van der Waals surface area (Å²) in [5, 5.41) is 21.7. The lowest BCUT2D eigenvalue weighted by Crippen LogP contribution is -2.46. The quantitative estimate of drug-likeness (QED) is 0.147. The van der Waals surface area contributed by atoms with E-state index in [1.54, 1.807) is 43.2 Å². The number of nitrogens with one attached hydrogen (secondary N) is 2. The van der Waals surface area contributed by atoms with Gasteiger partial charge in [-0.25, -0.2) is 12.8 Å². The Balaban J connectivity index is 1.41. The van der Waals surface area contributed by atoms with Crippen molar-refractivity contribution < 1.29 is 32.2 Å². The van der Waals surface area contributed by atoms with E-state index in [1.807, 2.05) is 54.6 Å². The van der Waals surface area contributed by atoms with Crippen LogP contribution in [0.3, 0.4) is 0 Å². The molecular weight excluding hydrogens is 674 g/mol. The fourth-order valence-electron chi connectivity index (χ4n) is 5.50. The van der Waals surface area contributed by atoms with Crippen LogP contribution in [0.2, 0.25) is 0 Å². The van der Waals surface area contributed by atoms with Crippen LogP contribution < -0.4 is 19.7 Å². The van der Waals surface area contributed by atoms with E-state index in [4.69, 9.17) is 4.74 Å². The van der Waals surface area contributed by atoms with Gasteiger partial charge in [0.2, 0.25) is 10.0 Å². The Hall–Kier alpha value is -5.53. The molecule has 3 atom stereocenters. The molecule has 51 heavy (non-hydrogen) atoms. The van der Waals surface area contributed by atoms with Crippen molar-refractivity contribution in [2.45, 2.75) is 38.1 Å². The predicted octanol–water partition coefficient (Wildman–Crippen LogP) is 4.99. The highest BCUT2D eigenvalue weighted by molar-refractivity contribution is 7.92. The predicted molar refractivity (Wildman–Crippen MR) is 194 cm³/mol. The summed E-state index contributed by atoms with van der Waals surface area (Å²) in [6, 6.07) is 25.3. The highest BCUT2D eigenvalue weighted by atomic mass is 32.2. The number of benzene rings is 4. The number of amides is 2. The molecule has 13 heteroatoms. The molecular formula is C38H40FN5O6S. The monoisotopic (exact) mass is 713 g/mol. The highest BCUT2D eigenvalue weighted by Gasteiger charge is 2.26. The van der Waals surface area contributed by atoms with E-state index >= 15 is 0 Å². The Bertz CT molecular complexity index is 2090. The van der Waals surface area contributed by atoms with Crippen LogP contribution in [0.5, 0.6) is 5.75 Å². The molecule has 0 aliphatic carbocycles. The van der Waals surface area contributed by atoms with E-state index in [-0.39, 0.29) is 29.8 Å². The van der Waals surface area contributed by atoms with Crippen LogP contribution in [0.15, 0.2) is 109 Å². The number of aliphatic hydroxyl groups excluding tert-OH is 1. The van der Waals surface area contributed by atoms with E-state index in [0.29, 0.717) is 11.3 Å². The Labute approximate surface area is 296 Å². The van der Waals surface area contributed by atoms with Gasteiger partial charge < -0.3 is 20.5 Å². The average molecular weight is 714 g/mol. The fourth-order valence-corrected chi connectivity index (χ4v) is 5.99. The number of halogens is 1. The molecule has 11 nitrogen and oxygen atoms in total. The van der Waals surface area contributed by atoms with Gasteiger partial charge in [0.1, 0.15) is 11.6 Å². The van der Waals surface area contributed by atoms with Crippen molar-refractivity contribution >= 4 is 27.5 Å². The standard InChI is InChI=1S/C38H40FN5O6S/c1-25(27-13-15-32(39)16-14-27)41-37(46)29-18-30(20-33(19-29)43(2)51(4,48)49)38(47)42-35(17-26-9-6-5-7-10-26)36(45)24-44-23-31(22-40-44)28-11-8-12-34(21-28)50-3/h5-16,18-23,25,35-36,45H,17,24H2,1-4H3,(H,41,46)(H,42,47)/t25-,35+,36+/m1/s1. The summed E-state index contributed by atoms with van der Waals surface area (Å²) >= 11 is 0. The minimum Gasteiger partial charge on any atom is -0.497 e. The van der Waals surface area contributed by atoms with Gasteiger partial charge in [0, 0.05) is 29.9 Å². The summed E-state index contributed by atoms with van der Waals surface area (Å²) in [6.07, 6.45) is 3.65. The molecule has 0 spiro atoms. The van der Waals surface area contributed by atoms with Gasteiger partial charge in [0.15, 0.2) is 0 Å². The molecule has 5 rings (SSSR count). The molecule has 5 aromatic rings. The normalized spacial score (nSPS) is 13.1. The van der Waals surface area contributed by atoms with Crippen LogP contribution in [0.4, 0.5) is 10.1 Å². The Morgan fingerprint density at radius 1 is 0.922 bits per heavy atom. The van der Waals surface area contributed by atoms with Gasteiger partial charge in [-0.05, 0) is 72.5 Å². The molecule has 2 amide bonds. The van der Waals surface area contributed by atoms with Crippen molar-refractivity contribution in [3.8, 4) is 16.9 Å². The van der Waals surface area contributed by atoms with Gasteiger partial charge in [0.25, 0.3) is 11.8 Å². The second-order valence-electron chi connectivity index (χ2n) is 12.3. The van der Waals surface area contributed by atoms with Gasteiger partial charge in [-0.15, -0.1) is 0 Å². The van der Waals surface area contributed by atoms with Crippen LogP contribution >= 0.6 is 0 Å². The first-order valence-corrected chi connectivity index (χ1v) is 18.0. The van der Waals surface area contributed by atoms with Crippen LogP contribution in [-0.4, -0.2) is 67.7 Å². The zero-order valence-electron chi connectivity index (χ0n) is 28.7. The number of hydrogen-bond acceptors (Lipinski definition) is 7. The molecule has 0 aliphatic rings. The maximum absolute atomic E-state index is 13.9. The largest absolute Gasteiger partial charge is 0.497 e. The Morgan fingerprint density at radius 3 is 2.24 bits per heavy atom. The number of aliphatic hydroxyl groups is 1. The first-order valence-electron chi connectivity index (χ1n) is 16.2. The number of nitrogens with zero attached hydrogens (tertiary/aromatic N) is 3. The SMILES string of the molecule is COc1cccc(-c2cnn(C[C@H](O)[C@H](Cc3ccccc3)NC(=O)c3cc(C(=O)N[C@H](C)c4ccc(F)cc4)cc(N(C)S(C)(=O)=O)c3)c2)c1. The summed E-state index contributed by atoms with van der Waals surface area (Å²) in [5.41, 5.74) is 3.34. The summed E-state index contributed by atoms with van der Waals surface area (Å²) < 4.78 is 46.4. The molecule has 0 bridgehead atoms. The zero-order chi connectivity index (χ0) is 36.7. The van der Waals surface area contributed by atoms with Crippen molar-refractivity contribution in [2.24, 2.45) is 0 Å². The van der Waals surface area contributed by atoms with Crippen LogP contribution in [-0.2, 0) is 23.0 Å². The second kappa shape index (κ2) is 16.0. The van der Waals surface area contributed by atoms with E-state index in [2.05, 4.69) is 15.7 Å². The molecule has 266 valence electrons. The van der Waals surface area contributed by atoms with E-state index in [1.165, 1.54) is 37.4 Å². The number of sulfonamides is 1. The number of aromatic nitrogens is 2. The lowest BCUT2D eigenvalue weighted by molar-refractivity contribution is 0.0780. The minimum atomic E-state index is -3.77. The van der Waals surface area contributed by atoms with Gasteiger partial charge in [-0.1, -0.05) is 54.6 Å². The first kappa shape index (κ1) is 36.7. The van der Waals surface area contributed by atoms with Gasteiger partial charge in [-0.3, -0.25) is 18.6 Å². The molecule has 0 aliphatic heterocycles. The molecule has 4 aromatic carbocycles. The number of rotatable bonds is 14. The minimum absolute atomic E-state index is 0.00671. The van der Waals surface area contributed by atoms with E-state index in [9.17, 15) is 27.5 Å². The van der Waals surface area contributed by atoms with Crippen LogP contribution in [0, 0.1) is 5.82 Å². The molecule has 0 saturated heterocycles. The molecule has 1 aromatic heterocycles. The number of hydrogen-bond donors (Lipinski definition) is 3. The topological polar surface area (TPSA) is 143 Å². The van der Waals surface area contributed by atoms with Crippen LogP contribution in [0.1, 0.15) is 44.8 Å². The number of methoxy groups -OCH3 is 1. The second-order valence-corrected chi connectivity index (χ2v) is 14.3. The Morgan fingerprint density at radius 2 is 1.59 bits per heavy atom. The molecule has 0 saturated carbocycles. The maximum atomic E-state index is 13.9. The van der Waals surface area contributed by atoms with Gasteiger partial charge in [-0.2, -0.15) is 5.10 Å². The smallest absolute Gasteiger partial charge is 0.251 e. The zero-order valence-corrected chi connectivity index (χ0v) is 29.5. The van der Waals surface area contributed by atoms with E-state index < -0.39 is 45.8 Å². The van der Waals surface area contributed by atoms with Gasteiger partial charge in [0.05, 0.1) is 50.0 Å². The molecule has 0 radical (unpaired) electrons. The number of carbonyl (C=O) groups is 2. The highest BCUT2D eigenvalue weighted by Crippen LogP contribution is 2.25. The third-order valence-corrected chi connectivity index (χ3v) is 9.72. The maximum Gasteiger partial charge on any atom is 0.251 e. The molecule has 0 unspecified atom stereocenters. The average Bonchev–Trinajstić information content (AvgIpc) is 3.59. The Kier molecular flexibility index (Phi) is 11.5.